The van der Waals surface area contributed by atoms with E-state index in [0.717, 1.165) is 21.5 Å². The average molecular weight is 477 g/mol. The van der Waals surface area contributed by atoms with Gasteiger partial charge < -0.3 is 14.8 Å². The van der Waals surface area contributed by atoms with E-state index in [4.69, 9.17) is 27.9 Å². The number of carbonyl (C=O) groups is 1. The molecule has 1 atom stereocenters. The molecule has 2 heterocycles. The number of hydrogen-bond donors (Lipinski definition) is 2. The molecule has 4 rings (SSSR count). The third-order valence-electron chi connectivity index (χ3n) is 4.66. The Bertz CT molecular complexity index is 1420. The molecule has 7 nitrogen and oxygen atoms in total. The molecule has 2 aromatic heterocycles. The molecular formula is C21H14Cl2N2O5S. The van der Waals surface area contributed by atoms with Crippen LogP contribution in [0.15, 0.2) is 57.4 Å². The van der Waals surface area contributed by atoms with Gasteiger partial charge >= 0.3 is 11.7 Å². The van der Waals surface area contributed by atoms with Crippen LogP contribution in [0.4, 0.5) is 0 Å². The Balaban J connectivity index is 1.80. The summed E-state index contributed by atoms with van der Waals surface area (Å²) in [7, 11) is 0. The molecule has 31 heavy (non-hydrogen) atoms. The first-order valence-corrected chi connectivity index (χ1v) is 10.6. The molecule has 1 unspecified atom stereocenters. The van der Waals surface area contributed by atoms with Gasteiger partial charge in [-0.05, 0) is 36.8 Å². The second kappa shape index (κ2) is 8.22. The summed E-state index contributed by atoms with van der Waals surface area (Å²) in [6.45, 7) is 1.84. The predicted octanol–water partition coefficient (Wildman–Crippen LogP) is 4.89. The second-order valence-corrected chi connectivity index (χ2v) is 8.38. The number of nitrogens with one attached hydrogen (secondary N) is 1. The maximum atomic E-state index is 13.0. The Kier molecular flexibility index (Phi) is 5.62. The number of carboxylic acids is 1. The van der Waals surface area contributed by atoms with Crippen LogP contribution < -0.4 is 16.0 Å². The number of thiophene rings is 1. The number of benzene rings is 2. The summed E-state index contributed by atoms with van der Waals surface area (Å²) in [5, 5.41) is 11.4. The molecule has 2 aromatic carbocycles. The van der Waals surface area contributed by atoms with E-state index >= 15 is 0 Å². The highest BCUT2D eigenvalue weighted by molar-refractivity contribution is 7.13. The molecule has 0 saturated heterocycles. The zero-order valence-corrected chi connectivity index (χ0v) is 18.2. The minimum absolute atomic E-state index is 0.0816. The van der Waals surface area contributed by atoms with Crippen molar-refractivity contribution in [3.63, 3.8) is 0 Å². The Hall–Kier alpha value is -3.07. The van der Waals surface area contributed by atoms with Crippen LogP contribution in [0.5, 0.6) is 5.75 Å². The number of H-pyrrole nitrogens is 1. The summed E-state index contributed by atoms with van der Waals surface area (Å²) in [6.07, 6.45) is -0.348. The van der Waals surface area contributed by atoms with E-state index in [1.165, 1.54) is 17.5 Å². The van der Waals surface area contributed by atoms with Crippen molar-refractivity contribution in [1.29, 1.82) is 0 Å². The van der Waals surface area contributed by atoms with Gasteiger partial charge in [0.25, 0.3) is 5.56 Å². The van der Waals surface area contributed by atoms with Crippen molar-refractivity contribution < 1.29 is 14.6 Å². The Morgan fingerprint density at radius 3 is 2.55 bits per heavy atom. The average Bonchev–Trinajstić information content (AvgIpc) is 3.15. The maximum Gasteiger partial charge on any atom is 0.346 e. The van der Waals surface area contributed by atoms with Gasteiger partial charge in [-0.25, -0.2) is 14.2 Å². The molecule has 0 radical (unpaired) electrons. The van der Waals surface area contributed by atoms with Crippen molar-refractivity contribution in [1.82, 2.24) is 9.55 Å². The number of aromatic carboxylic acids is 1. The van der Waals surface area contributed by atoms with Crippen molar-refractivity contribution in [2.45, 2.75) is 13.0 Å². The van der Waals surface area contributed by atoms with Crippen molar-refractivity contribution >= 4 is 51.4 Å². The van der Waals surface area contributed by atoms with E-state index in [1.54, 1.807) is 18.2 Å². The summed E-state index contributed by atoms with van der Waals surface area (Å²) in [5.41, 5.74) is -0.396. The van der Waals surface area contributed by atoms with Crippen LogP contribution in [0.25, 0.3) is 16.6 Å². The summed E-state index contributed by atoms with van der Waals surface area (Å²) in [5.74, 6) is -0.882. The molecular weight excluding hydrogens is 463 g/mol. The monoisotopic (exact) mass is 476 g/mol. The Morgan fingerprint density at radius 1 is 1.16 bits per heavy atom. The van der Waals surface area contributed by atoms with E-state index < -0.39 is 17.2 Å². The van der Waals surface area contributed by atoms with Gasteiger partial charge in [-0.15, -0.1) is 11.3 Å². The number of nitrogens with zero attached hydrogens (tertiary/aromatic N) is 1. The SMILES string of the molecule is CC(Oc1ccc(Cl)c(-n2c(=O)[nH]c3csc(C(=O)O)c3c2=O)c1)c1ccc(Cl)cc1. The third kappa shape index (κ3) is 3.97. The fraction of sp³-hybridized carbons (Fsp3) is 0.0952. The zero-order chi connectivity index (χ0) is 22.3. The van der Waals surface area contributed by atoms with Crippen LogP contribution in [-0.4, -0.2) is 20.6 Å². The lowest BCUT2D eigenvalue weighted by Crippen LogP contribution is -2.34. The van der Waals surface area contributed by atoms with Crippen molar-refractivity contribution in [3.05, 3.63) is 89.2 Å². The lowest BCUT2D eigenvalue weighted by molar-refractivity contribution is 0.0704. The molecule has 0 bridgehead atoms. The first kappa shape index (κ1) is 21.2. The van der Waals surface area contributed by atoms with E-state index in [0.29, 0.717) is 10.8 Å². The quantitative estimate of drug-likeness (QED) is 0.427. The van der Waals surface area contributed by atoms with Gasteiger partial charge in [-0.3, -0.25) is 4.79 Å². The van der Waals surface area contributed by atoms with Crippen molar-refractivity contribution in [2.75, 3.05) is 0 Å². The number of aromatic nitrogens is 2. The van der Waals surface area contributed by atoms with E-state index in [-0.39, 0.29) is 32.6 Å². The molecule has 2 N–H and O–H groups in total. The molecule has 0 aliphatic rings. The maximum absolute atomic E-state index is 13.0. The van der Waals surface area contributed by atoms with Crippen LogP contribution in [0, 0.1) is 0 Å². The molecule has 0 aliphatic carbocycles. The lowest BCUT2D eigenvalue weighted by Gasteiger charge is -2.17. The number of hydrogen-bond acceptors (Lipinski definition) is 5. The van der Waals surface area contributed by atoms with Gasteiger partial charge in [-0.2, -0.15) is 0 Å². The predicted molar refractivity (Wildman–Crippen MR) is 121 cm³/mol. The molecule has 158 valence electrons. The largest absolute Gasteiger partial charge is 0.486 e. The van der Waals surface area contributed by atoms with Crippen LogP contribution in [0.3, 0.4) is 0 Å². The minimum atomic E-state index is -1.25. The number of halogens is 2. The molecule has 10 heteroatoms. The van der Waals surface area contributed by atoms with Gasteiger partial charge in [0.15, 0.2) is 0 Å². The molecule has 0 fully saturated rings. The first-order chi connectivity index (χ1) is 14.8. The number of rotatable bonds is 5. The van der Waals surface area contributed by atoms with Gasteiger partial charge in [0.2, 0.25) is 0 Å². The highest BCUT2D eigenvalue weighted by Crippen LogP contribution is 2.29. The summed E-state index contributed by atoms with van der Waals surface area (Å²) in [6, 6.07) is 11.7. The van der Waals surface area contributed by atoms with E-state index in [2.05, 4.69) is 4.98 Å². The van der Waals surface area contributed by atoms with Gasteiger partial charge in [0.05, 0.1) is 21.6 Å². The highest BCUT2D eigenvalue weighted by Gasteiger charge is 2.20. The van der Waals surface area contributed by atoms with Crippen LogP contribution in [0.2, 0.25) is 10.0 Å². The normalized spacial score (nSPS) is 12.1. The smallest absolute Gasteiger partial charge is 0.346 e. The van der Waals surface area contributed by atoms with Gasteiger partial charge in [-0.1, -0.05) is 35.3 Å². The van der Waals surface area contributed by atoms with Crippen LogP contribution in [-0.2, 0) is 0 Å². The summed E-state index contributed by atoms with van der Waals surface area (Å²) >= 11 is 13.1. The molecule has 0 aliphatic heterocycles. The van der Waals surface area contributed by atoms with Crippen LogP contribution in [0.1, 0.15) is 28.3 Å². The Labute approximate surface area is 189 Å². The first-order valence-electron chi connectivity index (χ1n) is 8.98. The molecule has 4 aromatic rings. The summed E-state index contributed by atoms with van der Waals surface area (Å²) < 4.78 is 6.76. The fourth-order valence-corrected chi connectivity index (χ4v) is 4.31. The zero-order valence-electron chi connectivity index (χ0n) is 15.9. The number of ether oxygens (including phenoxy) is 1. The summed E-state index contributed by atoms with van der Waals surface area (Å²) in [4.78, 5) is 39.5. The standard InChI is InChI=1S/C21H14Cl2N2O5S/c1-10(11-2-4-12(22)5-3-11)30-13-6-7-14(23)16(8-13)25-19(26)17-15(24-21(25)29)9-31-18(17)20(27)28/h2-10H,1H3,(H,24,29)(H,27,28). The lowest BCUT2D eigenvalue weighted by atomic mass is 10.1. The molecule has 0 spiro atoms. The number of aromatic amines is 1. The molecule has 0 saturated carbocycles. The topological polar surface area (TPSA) is 101 Å². The van der Waals surface area contributed by atoms with Gasteiger partial charge in [0.1, 0.15) is 16.7 Å². The minimum Gasteiger partial charge on any atom is -0.486 e. The number of carboxylic acid groups (broad SMARTS) is 1. The van der Waals surface area contributed by atoms with Crippen molar-refractivity contribution in [2.24, 2.45) is 0 Å². The highest BCUT2D eigenvalue weighted by atomic mass is 35.5. The fourth-order valence-electron chi connectivity index (χ4n) is 3.16. The third-order valence-corrected chi connectivity index (χ3v) is 6.20. The Morgan fingerprint density at radius 2 is 1.87 bits per heavy atom. The van der Waals surface area contributed by atoms with E-state index in [1.807, 2.05) is 19.1 Å². The van der Waals surface area contributed by atoms with Gasteiger partial charge in [0, 0.05) is 16.5 Å². The van der Waals surface area contributed by atoms with Crippen molar-refractivity contribution in [3.8, 4) is 11.4 Å². The molecule has 0 amide bonds. The van der Waals surface area contributed by atoms with E-state index in [9.17, 15) is 19.5 Å². The van der Waals surface area contributed by atoms with Crippen LogP contribution >= 0.6 is 34.5 Å². The number of fused-ring (bicyclic) bond motifs is 1. The second-order valence-electron chi connectivity index (χ2n) is 6.65.